The highest BCUT2D eigenvalue weighted by atomic mass is 32.2. The summed E-state index contributed by atoms with van der Waals surface area (Å²) in [5.41, 5.74) is 0.0208. The molecule has 0 aromatic carbocycles. The third-order valence-electron chi connectivity index (χ3n) is 4.00. The third kappa shape index (κ3) is 3.29. The Hall–Kier alpha value is -1.34. The van der Waals surface area contributed by atoms with Crippen LogP contribution in [0.3, 0.4) is 0 Å². The van der Waals surface area contributed by atoms with Gasteiger partial charge >= 0.3 is 5.97 Å². The Labute approximate surface area is 125 Å². The zero-order valence-electron chi connectivity index (χ0n) is 12.4. The van der Waals surface area contributed by atoms with Gasteiger partial charge in [-0.1, -0.05) is 13.3 Å². The summed E-state index contributed by atoms with van der Waals surface area (Å²) < 4.78 is 27.9. The predicted octanol–water partition coefficient (Wildman–Crippen LogP) is 2.02. The summed E-state index contributed by atoms with van der Waals surface area (Å²) in [6.45, 7) is 2.91. The number of carboxylic acids is 1. The summed E-state index contributed by atoms with van der Waals surface area (Å²) in [6.07, 6.45) is 5.47. The van der Waals surface area contributed by atoms with Crippen LogP contribution in [0.5, 0.6) is 0 Å². The Morgan fingerprint density at radius 3 is 2.62 bits per heavy atom. The fraction of sp³-hybridized carbons (Fsp3) is 0.643. The summed E-state index contributed by atoms with van der Waals surface area (Å²) in [6, 6.07) is 1.25. The van der Waals surface area contributed by atoms with Crippen molar-refractivity contribution >= 4 is 16.0 Å². The first-order valence-electron chi connectivity index (χ1n) is 7.26. The van der Waals surface area contributed by atoms with Crippen LogP contribution >= 0.6 is 0 Å². The molecule has 0 unspecified atom stereocenters. The van der Waals surface area contributed by atoms with Gasteiger partial charge in [-0.3, -0.25) is 0 Å². The highest BCUT2D eigenvalue weighted by Gasteiger charge is 2.28. The smallest absolute Gasteiger partial charge is 0.352 e. The van der Waals surface area contributed by atoms with Crippen LogP contribution in [0.25, 0.3) is 0 Å². The second kappa shape index (κ2) is 6.19. The van der Waals surface area contributed by atoms with Crippen molar-refractivity contribution in [1.82, 2.24) is 8.87 Å². The van der Waals surface area contributed by atoms with Crippen molar-refractivity contribution in [1.29, 1.82) is 0 Å². The number of aromatic carboxylic acids is 1. The van der Waals surface area contributed by atoms with E-state index in [-0.39, 0.29) is 10.6 Å². The van der Waals surface area contributed by atoms with Gasteiger partial charge < -0.3 is 9.67 Å². The maximum Gasteiger partial charge on any atom is 0.352 e. The van der Waals surface area contributed by atoms with Crippen molar-refractivity contribution in [3.8, 4) is 0 Å². The minimum atomic E-state index is -3.61. The Morgan fingerprint density at radius 1 is 1.48 bits per heavy atom. The van der Waals surface area contributed by atoms with E-state index in [0.717, 1.165) is 25.7 Å². The van der Waals surface area contributed by atoms with Gasteiger partial charge in [0.15, 0.2) is 0 Å². The van der Waals surface area contributed by atoms with E-state index < -0.39 is 16.0 Å². The molecule has 1 aliphatic carbocycles. The van der Waals surface area contributed by atoms with Gasteiger partial charge in [0, 0.05) is 26.3 Å². The number of rotatable bonds is 7. The molecule has 1 aromatic rings. The van der Waals surface area contributed by atoms with Crippen LogP contribution in [0.4, 0.5) is 0 Å². The van der Waals surface area contributed by atoms with Crippen LogP contribution in [-0.2, 0) is 16.6 Å². The van der Waals surface area contributed by atoms with Gasteiger partial charge in [-0.25, -0.2) is 17.5 Å². The van der Waals surface area contributed by atoms with Crippen molar-refractivity contribution in [2.24, 2.45) is 5.92 Å². The summed E-state index contributed by atoms with van der Waals surface area (Å²) >= 11 is 0. The van der Waals surface area contributed by atoms with Gasteiger partial charge in [0.1, 0.15) is 10.6 Å². The molecule has 0 spiro atoms. The Kier molecular flexibility index (Phi) is 4.73. The number of carboxylic acid groups (broad SMARTS) is 1. The molecule has 1 aromatic heterocycles. The molecule has 21 heavy (non-hydrogen) atoms. The number of sulfonamides is 1. The van der Waals surface area contributed by atoms with E-state index in [1.165, 1.54) is 21.1 Å². The molecule has 0 amide bonds. The average molecular weight is 314 g/mol. The van der Waals surface area contributed by atoms with Crippen molar-refractivity contribution < 1.29 is 18.3 Å². The van der Waals surface area contributed by atoms with Crippen LogP contribution in [0, 0.1) is 5.92 Å². The number of carbonyl (C=O) groups is 1. The van der Waals surface area contributed by atoms with Crippen LogP contribution in [0.15, 0.2) is 17.2 Å². The highest BCUT2D eigenvalue weighted by molar-refractivity contribution is 7.89. The van der Waals surface area contributed by atoms with E-state index in [4.69, 9.17) is 0 Å². The van der Waals surface area contributed by atoms with Crippen molar-refractivity contribution in [2.75, 3.05) is 13.6 Å². The minimum Gasteiger partial charge on any atom is -0.477 e. The fourth-order valence-electron chi connectivity index (χ4n) is 2.55. The first-order chi connectivity index (χ1) is 9.86. The van der Waals surface area contributed by atoms with Gasteiger partial charge in [0.05, 0.1) is 0 Å². The van der Waals surface area contributed by atoms with Crippen molar-refractivity contribution in [2.45, 2.75) is 44.0 Å². The van der Waals surface area contributed by atoms with Gasteiger partial charge in [-0.2, -0.15) is 0 Å². The van der Waals surface area contributed by atoms with E-state index >= 15 is 0 Å². The van der Waals surface area contributed by atoms with E-state index in [9.17, 15) is 18.3 Å². The van der Waals surface area contributed by atoms with E-state index in [2.05, 4.69) is 0 Å². The molecule has 118 valence electrons. The lowest BCUT2D eigenvalue weighted by Gasteiger charge is -2.29. The highest BCUT2D eigenvalue weighted by Crippen LogP contribution is 2.29. The monoisotopic (exact) mass is 314 g/mol. The summed E-state index contributed by atoms with van der Waals surface area (Å²) in [5, 5.41) is 9.17. The van der Waals surface area contributed by atoms with Crippen LogP contribution in [-0.4, -0.2) is 42.0 Å². The van der Waals surface area contributed by atoms with Crippen LogP contribution < -0.4 is 0 Å². The maximum absolute atomic E-state index is 12.5. The SMILES string of the molecule is CCCn1cc(S(=O)(=O)N(C)CC2CCC2)cc1C(=O)O. The number of hydrogen-bond acceptors (Lipinski definition) is 3. The molecule has 1 saturated carbocycles. The largest absolute Gasteiger partial charge is 0.477 e. The molecule has 2 rings (SSSR count). The topological polar surface area (TPSA) is 79.6 Å². The third-order valence-corrected chi connectivity index (χ3v) is 5.79. The lowest BCUT2D eigenvalue weighted by atomic mass is 9.86. The van der Waals surface area contributed by atoms with Gasteiger partial charge in [-0.05, 0) is 31.2 Å². The predicted molar refractivity (Wildman–Crippen MR) is 78.8 cm³/mol. The molecule has 0 radical (unpaired) electrons. The summed E-state index contributed by atoms with van der Waals surface area (Å²) in [5.74, 6) is -0.673. The standard InChI is InChI=1S/C14H22N2O4S/c1-3-7-16-10-12(8-13(16)14(17)18)21(19,20)15(2)9-11-5-4-6-11/h8,10-11H,3-7,9H2,1-2H3,(H,17,18). The van der Waals surface area contributed by atoms with Gasteiger partial charge in [0.2, 0.25) is 10.0 Å². The quantitative estimate of drug-likeness (QED) is 0.835. The lowest BCUT2D eigenvalue weighted by molar-refractivity contribution is 0.0685. The maximum atomic E-state index is 12.5. The average Bonchev–Trinajstić information content (AvgIpc) is 2.78. The number of aryl methyl sites for hydroxylation is 1. The van der Waals surface area contributed by atoms with Gasteiger partial charge in [0.25, 0.3) is 0 Å². The van der Waals surface area contributed by atoms with Crippen LogP contribution in [0.1, 0.15) is 43.1 Å². The van der Waals surface area contributed by atoms with E-state index in [1.54, 1.807) is 7.05 Å². The first-order valence-corrected chi connectivity index (χ1v) is 8.70. The molecule has 1 heterocycles. The lowest BCUT2D eigenvalue weighted by Crippen LogP contribution is -2.34. The molecular formula is C14H22N2O4S. The molecule has 7 heteroatoms. The van der Waals surface area contributed by atoms with Gasteiger partial charge in [-0.15, -0.1) is 0 Å². The second-order valence-electron chi connectivity index (χ2n) is 5.64. The van der Waals surface area contributed by atoms with Crippen molar-refractivity contribution in [3.05, 3.63) is 18.0 Å². The summed E-state index contributed by atoms with van der Waals surface area (Å²) in [7, 11) is -2.05. The molecule has 0 saturated heterocycles. The molecule has 6 nitrogen and oxygen atoms in total. The second-order valence-corrected chi connectivity index (χ2v) is 7.69. The molecule has 0 aliphatic heterocycles. The zero-order chi connectivity index (χ0) is 15.6. The van der Waals surface area contributed by atoms with E-state index in [1.807, 2.05) is 6.92 Å². The minimum absolute atomic E-state index is 0.0208. The Balaban J connectivity index is 2.26. The van der Waals surface area contributed by atoms with E-state index in [0.29, 0.717) is 19.0 Å². The molecule has 1 N–H and O–H groups in total. The Bertz CT molecular complexity index is 617. The summed E-state index contributed by atoms with van der Waals surface area (Å²) in [4.78, 5) is 11.3. The molecule has 1 fully saturated rings. The molecule has 1 aliphatic rings. The van der Waals surface area contributed by atoms with Crippen molar-refractivity contribution in [3.63, 3.8) is 0 Å². The van der Waals surface area contributed by atoms with Crippen LogP contribution in [0.2, 0.25) is 0 Å². The number of hydrogen-bond donors (Lipinski definition) is 1. The number of nitrogens with zero attached hydrogens (tertiary/aromatic N) is 2. The normalized spacial score (nSPS) is 16.1. The number of aromatic nitrogens is 1. The first kappa shape index (κ1) is 16.0. The zero-order valence-corrected chi connectivity index (χ0v) is 13.3. The molecule has 0 atom stereocenters. The molecular weight excluding hydrogens is 292 g/mol. The molecule has 0 bridgehead atoms. The Morgan fingerprint density at radius 2 is 2.14 bits per heavy atom. The fourth-order valence-corrected chi connectivity index (χ4v) is 3.83.